The van der Waals surface area contributed by atoms with Crippen molar-refractivity contribution in [3.05, 3.63) is 29.0 Å². The van der Waals surface area contributed by atoms with Gasteiger partial charge in [-0.2, -0.15) is 0 Å². The molecule has 21 heavy (non-hydrogen) atoms. The van der Waals surface area contributed by atoms with E-state index >= 15 is 0 Å². The van der Waals surface area contributed by atoms with E-state index in [1.807, 2.05) is 25.2 Å². The summed E-state index contributed by atoms with van der Waals surface area (Å²) < 4.78 is 2.08. The van der Waals surface area contributed by atoms with Crippen LogP contribution in [0.25, 0.3) is 11.0 Å². The number of aromatic nitrogens is 2. The Labute approximate surface area is 131 Å². The highest BCUT2D eigenvalue weighted by molar-refractivity contribution is 6.31. The van der Waals surface area contributed by atoms with Gasteiger partial charge in [0.1, 0.15) is 5.82 Å². The number of hydrogen-bond donors (Lipinski definition) is 2. The van der Waals surface area contributed by atoms with Gasteiger partial charge in [0.05, 0.1) is 17.1 Å². The Bertz CT molecular complexity index is 609. The number of nitrogens with zero attached hydrogens (tertiary/aromatic N) is 2. The number of halogens is 1. The number of aliphatic hydroxyl groups excluding tert-OH is 1. The van der Waals surface area contributed by atoms with Gasteiger partial charge < -0.3 is 15.0 Å². The lowest BCUT2D eigenvalue weighted by Crippen LogP contribution is -2.37. The summed E-state index contributed by atoms with van der Waals surface area (Å²) in [4.78, 5) is 4.71. The lowest BCUT2D eigenvalue weighted by molar-refractivity contribution is 0.235. The van der Waals surface area contributed by atoms with E-state index in [2.05, 4.69) is 30.7 Å². The molecule has 0 aliphatic heterocycles. The largest absolute Gasteiger partial charge is 0.396 e. The van der Waals surface area contributed by atoms with Gasteiger partial charge in [0.2, 0.25) is 0 Å². The minimum Gasteiger partial charge on any atom is -0.396 e. The number of aryl methyl sites for hydroxylation is 1. The SMILES string of the molecule is CC(NC(CCO)C(C)C)c1nc2ccc(Cl)cc2n1C. The summed E-state index contributed by atoms with van der Waals surface area (Å²) in [6.45, 7) is 6.62. The van der Waals surface area contributed by atoms with E-state index < -0.39 is 0 Å². The molecule has 2 aromatic rings. The van der Waals surface area contributed by atoms with Crippen molar-refractivity contribution in [2.24, 2.45) is 13.0 Å². The van der Waals surface area contributed by atoms with Crippen LogP contribution in [0.1, 0.15) is 39.1 Å². The Morgan fingerprint density at radius 3 is 2.67 bits per heavy atom. The van der Waals surface area contributed by atoms with Crippen LogP contribution in [0.4, 0.5) is 0 Å². The summed E-state index contributed by atoms with van der Waals surface area (Å²) in [7, 11) is 2.01. The Kier molecular flexibility index (Phi) is 5.25. The molecule has 0 bridgehead atoms. The molecule has 1 aromatic heterocycles. The quantitative estimate of drug-likeness (QED) is 0.861. The molecular formula is C16H24ClN3O. The Balaban J connectivity index is 2.26. The predicted octanol–water partition coefficient (Wildman–Crippen LogP) is 3.28. The number of rotatable bonds is 6. The zero-order chi connectivity index (χ0) is 15.6. The van der Waals surface area contributed by atoms with Gasteiger partial charge in [-0.25, -0.2) is 4.98 Å². The van der Waals surface area contributed by atoms with Crippen molar-refractivity contribution >= 4 is 22.6 Å². The zero-order valence-corrected chi connectivity index (χ0v) is 13.9. The number of aliphatic hydroxyl groups is 1. The highest BCUT2D eigenvalue weighted by atomic mass is 35.5. The molecular weight excluding hydrogens is 286 g/mol. The van der Waals surface area contributed by atoms with E-state index in [1.54, 1.807) is 0 Å². The molecule has 0 fully saturated rings. The van der Waals surface area contributed by atoms with E-state index in [-0.39, 0.29) is 18.7 Å². The van der Waals surface area contributed by atoms with Crippen molar-refractivity contribution in [2.45, 2.75) is 39.3 Å². The molecule has 0 saturated carbocycles. The molecule has 116 valence electrons. The summed E-state index contributed by atoms with van der Waals surface area (Å²) >= 11 is 6.06. The van der Waals surface area contributed by atoms with Crippen LogP contribution >= 0.6 is 11.6 Å². The van der Waals surface area contributed by atoms with E-state index in [1.165, 1.54) is 0 Å². The van der Waals surface area contributed by atoms with Gasteiger partial charge in [0.15, 0.2) is 0 Å². The van der Waals surface area contributed by atoms with E-state index in [9.17, 15) is 5.11 Å². The number of imidazole rings is 1. The van der Waals surface area contributed by atoms with E-state index in [4.69, 9.17) is 16.6 Å². The lowest BCUT2D eigenvalue weighted by Gasteiger charge is -2.25. The van der Waals surface area contributed by atoms with Gasteiger partial charge in [-0.1, -0.05) is 25.4 Å². The normalized spacial score (nSPS) is 14.8. The lowest BCUT2D eigenvalue weighted by atomic mass is 10.0. The summed E-state index contributed by atoms with van der Waals surface area (Å²) in [6, 6.07) is 6.13. The molecule has 4 nitrogen and oxygen atoms in total. The van der Waals surface area contributed by atoms with Gasteiger partial charge in [-0.3, -0.25) is 0 Å². The van der Waals surface area contributed by atoms with Crippen LogP contribution in [-0.4, -0.2) is 27.3 Å². The first-order valence-electron chi connectivity index (χ1n) is 7.42. The minimum absolute atomic E-state index is 0.111. The first kappa shape index (κ1) is 16.3. The molecule has 2 N–H and O–H groups in total. The molecule has 0 radical (unpaired) electrons. The second kappa shape index (κ2) is 6.77. The van der Waals surface area contributed by atoms with Gasteiger partial charge in [0, 0.05) is 24.7 Å². The van der Waals surface area contributed by atoms with Gasteiger partial charge in [0.25, 0.3) is 0 Å². The highest BCUT2D eigenvalue weighted by Crippen LogP contribution is 2.23. The molecule has 0 saturated heterocycles. The summed E-state index contributed by atoms with van der Waals surface area (Å²) in [5.74, 6) is 1.44. The Morgan fingerprint density at radius 1 is 1.33 bits per heavy atom. The number of nitrogens with one attached hydrogen (secondary N) is 1. The highest BCUT2D eigenvalue weighted by Gasteiger charge is 2.20. The first-order chi connectivity index (χ1) is 9.93. The molecule has 0 amide bonds. The number of fused-ring (bicyclic) bond motifs is 1. The number of hydrogen-bond acceptors (Lipinski definition) is 3. The van der Waals surface area contributed by atoms with E-state index in [0.29, 0.717) is 5.92 Å². The van der Waals surface area contributed by atoms with Gasteiger partial charge in [-0.05, 0) is 37.5 Å². The summed E-state index contributed by atoms with van der Waals surface area (Å²) in [6.07, 6.45) is 0.748. The molecule has 0 spiro atoms. The van der Waals surface area contributed by atoms with Crippen molar-refractivity contribution < 1.29 is 5.11 Å². The smallest absolute Gasteiger partial charge is 0.126 e. The van der Waals surface area contributed by atoms with Crippen LogP contribution in [0.3, 0.4) is 0 Å². The van der Waals surface area contributed by atoms with Crippen molar-refractivity contribution in [3.8, 4) is 0 Å². The first-order valence-corrected chi connectivity index (χ1v) is 7.80. The van der Waals surface area contributed by atoms with Crippen LogP contribution < -0.4 is 5.32 Å². The number of benzene rings is 1. The molecule has 2 rings (SSSR count). The fourth-order valence-corrected chi connectivity index (χ4v) is 2.88. The van der Waals surface area contributed by atoms with Crippen molar-refractivity contribution in [3.63, 3.8) is 0 Å². The average Bonchev–Trinajstić information content (AvgIpc) is 2.75. The molecule has 1 heterocycles. The monoisotopic (exact) mass is 309 g/mol. The molecule has 0 aliphatic rings. The third-order valence-corrected chi connectivity index (χ3v) is 4.21. The third kappa shape index (κ3) is 3.57. The van der Waals surface area contributed by atoms with Crippen LogP contribution in [0.15, 0.2) is 18.2 Å². The van der Waals surface area contributed by atoms with E-state index in [0.717, 1.165) is 28.3 Å². The topological polar surface area (TPSA) is 50.1 Å². The maximum Gasteiger partial charge on any atom is 0.126 e. The van der Waals surface area contributed by atoms with Crippen LogP contribution in [0, 0.1) is 5.92 Å². The third-order valence-electron chi connectivity index (χ3n) is 3.97. The van der Waals surface area contributed by atoms with Gasteiger partial charge in [-0.15, -0.1) is 0 Å². The molecule has 0 aliphatic carbocycles. The van der Waals surface area contributed by atoms with Crippen molar-refractivity contribution in [2.75, 3.05) is 6.61 Å². The fourth-order valence-electron chi connectivity index (χ4n) is 2.71. The molecule has 2 atom stereocenters. The molecule has 2 unspecified atom stereocenters. The average molecular weight is 310 g/mol. The van der Waals surface area contributed by atoms with Crippen LogP contribution in [-0.2, 0) is 7.05 Å². The molecule has 1 aromatic carbocycles. The van der Waals surface area contributed by atoms with Crippen molar-refractivity contribution in [1.29, 1.82) is 0 Å². The van der Waals surface area contributed by atoms with Gasteiger partial charge >= 0.3 is 0 Å². The zero-order valence-electron chi connectivity index (χ0n) is 13.1. The standard InChI is InChI=1S/C16H24ClN3O/c1-10(2)13(7-8-21)18-11(3)16-19-14-6-5-12(17)9-15(14)20(16)4/h5-6,9-11,13,18,21H,7-8H2,1-4H3. The molecule has 5 heteroatoms. The fraction of sp³-hybridized carbons (Fsp3) is 0.562. The second-order valence-corrected chi connectivity index (χ2v) is 6.35. The van der Waals surface area contributed by atoms with Crippen molar-refractivity contribution in [1.82, 2.24) is 14.9 Å². The Hall–Kier alpha value is -1.10. The van der Waals surface area contributed by atoms with Crippen LogP contribution in [0.2, 0.25) is 5.02 Å². The Morgan fingerprint density at radius 2 is 2.05 bits per heavy atom. The van der Waals surface area contributed by atoms with Crippen LogP contribution in [0.5, 0.6) is 0 Å². The summed E-state index contributed by atoms with van der Waals surface area (Å²) in [5, 5.41) is 13.5. The second-order valence-electron chi connectivity index (χ2n) is 5.91. The minimum atomic E-state index is 0.111. The summed E-state index contributed by atoms with van der Waals surface area (Å²) in [5.41, 5.74) is 1.99. The predicted molar refractivity (Wildman–Crippen MR) is 87.6 cm³/mol. The maximum atomic E-state index is 9.19. The maximum absolute atomic E-state index is 9.19.